The third-order valence-electron chi connectivity index (χ3n) is 3.09. The van der Waals surface area contributed by atoms with Gasteiger partial charge in [-0.1, -0.05) is 12.2 Å². The molecule has 0 aromatic heterocycles. The molecule has 2 aliphatic rings. The zero-order valence-electron chi connectivity index (χ0n) is 10.5. The Morgan fingerprint density at radius 2 is 1.89 bits per heavy atom. The highest BCUT2D eigenvalue weighted by atomic mass is 16.5. The van der Waals surface area contributed by atoms with E-state index in [9.17, 15) is 5.11 Å². The summed E-state index contributed by atoms with van der Waals surface area (Å²) in [5.74, 6) is 2.27. The molecule has 0 saturated carbocycles. The fourth-order valence-corrected chi connectivity index (χ4v) is 2.05. The van der Waals surface area contributed by atoms with Crippen LogP contribution in [0.1, 0.15) is 5.56 Å². The summed E-state index contributed by atoms with van der Waals surface area (Å²) >= 11 is 0. The highest BCUT2D eigenvalue weighted by molar-refractivity contribution is 5.67. The maximum absolute atomic E-state index is 9.57. The van der Waals surface area contributed by atoms with Crippen molar-refractivity contribution in [1.82, 2.24) is 0 Å². The minimum atomic E-state index is -0.581. The molecule has 1 atom stereocenters. The molecule has 0 bridgehead atoms. The van der Waals surface area contributed by atoms with Crippen molar-refractivity contribution in [2.45, 2.75) is 6.10 Å². The predicted octanol–water partition coefficient (Wildman–Crippen LogP) is 2.81. The molecular weight excluding hydrogens is 240 g/mol. The summed E-state index contributed by atoms with van der Waals surface area (Å²) < 4.78 is 11.0. The quantitative estimate of drug-likeness (QED) is 0.882. The molecule has 3 heteroatoms. The second-order valence-electron chi connectivity index (χ2n) is 4.36. The van der Waals surface area contributed by atoms with E-state index in [1.807, 2.05) is 42.5 Å². The van der Waals surface area contributed by atoms with Crippen molar-refractivity contribution in [1.29, 1.82) is 0 Å². The Hall–Kier alpha value is -2.26. The molecule has 1 aliphatic carbocycles. The highest BCUT2D eigenvalue weighted by Gasteiger charge is 2.17. The lowest BCUT2D eigenvalue weighted by atomic mass is 10.0. The first-order valence-electron chi connectivity index (χ1n) is 6.09. The predicted molar refractivity (Wildman–Crippen MR) is 73.4 cm³/mol. The average Bonchev–Trinajstić information content (AvgIpc) is 2.46. The average molecular weight is 254 g/mol. The van der Waals surface area contributed by atoms with Crippen molar-refractivity contribution in [3.8, 4) is 5.75 Å². The first kappa shape index (κ1) is 11.8. The van der Waals surface area contributed by atoms with Crippen LogP contribution in [0, 0.1) is 0 Å². The largest absolute Gasteiger partial charge is 0.497 e. The van der Waals surface area contributed by atoms with Gasteiger partial charge >= 0.3 is 0 Å². The number of rotatable bonds is 2. The summed E-state index contributed by atoms with van der Waals surface area (Å²) in [7, 11) is 1.64. The van der Waals surface area contributed by atoms with Crippen LogP contribution in [0.4, 0.5) is 0 Å². The van der Waals surface area contributed by atoms with E-state index in [0.29, 0.717) is 5.76 Å². The van der Waals surface area contributed by atoms with Gasteiger partial charge in [-0.2, -0.15) is 0 Å². The Morgan fingerprint density at radius 3 is 2.63 bits per heavy atom. The zero-order valence-corrected chi connectivity index (χ0v) is 10.5. The van der Waals surface area contributed by atoms with E-state index in [1.54, 1.807) is 19.3 Å². The second-order valence-corrected chi connectivity index (χ2v) is 4.36. The molecule has 96 valence electrons. The van der Waals surface area contributed by atoms with Crippen molar-refractivity contribution in [2.24, 2.45) is 0 Å². The van der Waals surface area contributed by atoms with Gasteiger partial charge in [0.1, 0.15) is 17.3 Å². The van der Waals surface area contributed by atoms with Gasteiger partial charge in [-0.3, -0.25) is 0 Å². The molecule has 3 rings (SSSR count). The summed E-state index contributed by atoms with van der Waals surface area (Å²) in [5, 5.41) is 9.57. The molecule has 1 aliphatic heterocycles. The summed E-state index contributed by atoms with van der Waals surface area (Å²) in [6, 6.07) is 7.67. The van der Waals surface area contributed by atoms with Gasteiger partial charge in [0, 0.05) is 11.1 Å². The van der Waals surface area contributed by atoms with Crippen molar-refractivity contribution in [3.63, 3.8) is 0 Å². The van der Waals surface area contributed by atoms with Gasteiger partial charge in [-0.05, 0) is 42.5 Å². The smallest absolute Gasteiger partial charge is 0.134 e. The van der Waals surface area contributed by atoms with Gasteiger partial charge in [-0.25, -0.2) is 0 Å². The molecule has 0 radical (unpaired) electrons. The summed E-state index contributed by atoms with van der Waals surface area (Å²) in [5.41, 5.74) is 1.95. The molecule has 0 saturated heterocycles. The molecule has 3 nitrogen and oxygen atoms in total. The van der Waals surface area contributed by atoms with E-state index < -0.39 is 6.10 Å². The third kappa shape index (κ3) is 2.33. The zero-order chi connectivity index (χ0) is 13.2. The Kier molecular flexibility index (Phi) is 2.97. The van der Waals surface area contributed by atoms with Crippen molar-refractivity contribution < 1.29 is 14.6 Å². The first-order valence-corrected chi connectivity index (χ1v) is 6.09. The number of benzene rings is 1. The second kappa shape index (κ2) is 4.78. The van der Waals surface area contributed by atoms with Crippen LogP contribution >= 0.6 is 0 Å². The standard InChI is InChI=1S/C16H14O3/c1-18-14-7-3-11(4-8-14)15-9-5-12-2-6-13(17)10-16(12)19-15/h2-10,13,17H,1H3/t13-/m0/s1. The normalized spacial score (nSPS) is 20.7. The van der Waals surface area contributed by atoms with Crippen LogP contribution in [0.5, 0.6) is 5.75 Å². The first-order chi connectivity index (χ1) is 9.26. The number of aliphatic hydroxyl groups excluding tert-OH is 1. The molecule has 1 aromatic rings. The van der Waals surface area contributed by atoms with Crippen LogP contribution in [0.25, 0.3) is 5.76 Å². The van der Waals surface area contributed by atoms with E-state index in [1.165, 1.54) is 0 Å². The summed E-state index contributed by atoms with van der Waals surface area (Å²) in [6.07, 6.45) is 8.62. The van der Waals surface area contributed by atoms with E-state index >= 15 is 0 Å². The third-order valence-corrected chi connectivity index (χ3v) is 3.09. The van der Waals surface area contributed by atoms with Crippen LogP contribution in [0.2, 0.25) is 0 Å². The van der Waals surface area contributed by atoms with Crippen molar-refractivity contribution in [3.05, 3.63) is 71.5 Å². The molecule has 0 spiro atoms. The molecule has 1 heterocycles. The van der Waals surface area contributed by atoms with Gasteiger partial charge in [0.15, 0.2) is 0 Å². The van der Waals surface area contributed by atoms with Gasteiger partial charge in [0.25, 0.3) is 0 Å². The van der Waals surface area contributed by atoms with Crippen LogP contribution in [-0.2, 0) is 4.74 Å². The number of hydrogen-bond donors (Lipinski definition) is 1. The van der Waals surface area contributed by atoms with E-state index in [-0.39, 0.29) is 0 Å². The monoisotopic (exact) mass is 254 g/mol. The lowest BCUT2D eigenvalue weighted by Gasteiger charge is -2.21. The maximum atomic E-state index is 9.57. The summed E-state index contributed by atoms with van der Waals surface area (Å²) in [4.78, 5) is 0. The Balaban J connectivity index is 1.90. The van der Waals surface area contributed by atoms with Crippen LogP contribution in [-0.4, -0.2) is 18.3 Å². The van der Waals surface area contributed by atoms with Crippen molar-refractivity contribution in [2.75, 3.05) is 7.11 Å². The van der Waals surface area contributed by atoms with Crippen LogP contribution < -0.4 is 4.74 Å². The molecule has 0 fully saturated rings. The minimum absolute atomic E-state index is 0.581. The SMILES string of the molecule is COc1ccc(C2=CC=C3C=C[C@H](O)C=C3O2)cc1. The highest BCUT2D eigenvalue weighted by Crippen LogP contribution is 2.31. The van der Waals surface area contributed by atoms with Gasteiger partial charge < -0.3 is 14.6 Å². The molecule has 0 unspecified atom stereocenters. The van der Waals surface area contributed by atoms with Crippen LogP contribution in [0.15, 0.2) is 66.0 Å². The number of allylic oxidation sites excluding steroid dienone is 3. The Labute approximate surface area is 111 Å². The van der Waals surface area contributed by atoms with Gasteiger partial charge in [0.05, 0.1) is 13.2 Å². The lowest BCUT2D eigenvalue weighted by Crippen LogP contribution is -2.09. The van der Waals surface area contributed by atoms with E-state index in [2.05, 4.69) is 0 Å². The molecule has 1 aromatic carbocycles. The fourth-order valence-electron chi connectivity index (χ4n) is 2.05. The van der Waals surface area contributed by atoms with Gasteiger partial charge in [0.2, 0.25) is 0 Å². The van der Waals surface area contributed by atoms with Gasteiger partial charge in [-0.15, -0.1) is 0 Å². The molecule has 19 heavy (non-hydrogen) atoms. The lowest BCUT2D eigenvalue weighted by molar-refractivity contribution is 0.260. The Bertz CT molecular complexity index is 603. The fraction of sp³-hybridized carbons (Fsp3) is 0.125. The molecule has 1 N–H and O–H groups in total. The topological polar surface area (TPSA) is 38.7 Å². The minimum Gasteiger partial charge on any atom is -0.497 e. The number of hydrogen-bond acceptors (Lipinski definition) is 3. The van der Waals surface area contributed by atoms with Crippen molar-refractivity contribution >= 4 is 5.76 Å². The summed E-state index contributed by atoms with van der Waals surface area (Å²) in [6.45, 7) is 0. The number of aliphatic hydroxyl groups is 1. The molecule has 0 amide bonds. The van der Waals surface area contributed by atoms with Crippen LogP contribution in [0.3, 0.4) is 0 Å². The number of methoxy groups -OCH3 is 1. The Morgan fingerprint density at radius 1 is 1.11 bits per heavy atom. The maximum Gasteiger partial charge on any atom is 0.134 e. The number of ether oxygens (including phenoxy) is 2. The van der Waals surface area contributed by atoms with E-state index in [0.717, 1.165) is 22.6 Å². The number of fused-ring (bicyclic) bond motifs is 1. The van der Waals surface area contributed by atoms with E-state index in [4.69, 9.17) is 9.47 Å². The molecular formula is C16H14O3.